The Morgan fingerprint density at radius 3 is 2.96 bits per heavy atom. The first-order chi connectivity index (χ1) is 12.0. The summed E-state index contributed by atoms with van der Waals surface area (Å²) in [5.41, 5.74) is 9.38. The van der Waals surface area contributed by atoms with Gasteiger partial charge in [-0.3, -0.25) is 9.69 Å². The number of morpholine rings is 1. The molecule has 0 unspecified atom stereocenters. The van der Waals surface area contributed by atoms with Gasteiger partial charge in [-0.25, -0.2) is 4.68 Å². The standard InChI is InChI=1S/C18H24N4O3/c1-12-18(16-11-25-8-7-21(16)10-17(19)23)13(2)22(20-12)14-5-4-6-15(9-14)24-3/h4-6,9,16H,7-8,10-11H2,1-3H3,(H2,19,23)/t16-/m0/s1. The van der Waals surface area contributed by atoms with Crippen molar-refractivity contribution in [2.45, 2.75) is 19.9 Å². The van der Waals surface area contributed by atoms with Gasteiger partial charge in [0.2, 0.25) is 5.91 Å². The molecule has 134 valence electrons. The summed E-state index contributed by atoms with van der Waals surface area (Å²) < 4.78 is 12.9. The summed E-state index contributed by atoms with van der Waals surface area (Å²) in [6, 6.07) is 7.75. The lowest BCUT2D eigenvalue weighted by atomic mass is 10.0. The molecule has 0 spiro atoms. The van der Waals surface area contributed by atoms with Gasteiger partial charge in [-0.2, -0.15) is 5.10 Å². The number of aromatic nitrogens is 2. The number of benzene rings is 1. The third-order valence-corrected chi connectivity index (χ3v) is 4.58. The number of hydrogen-bond acceptors (Lipinski definition) is 5. The largest absolute Gasteiger partial charge is 0.497 e. The number of nitrogens with zero attached hydrogens (tertiary/aromatic N) is 3. The summed E-state index contributed by atoms with van der Waals surface area (Å²) in [4.78, 5) is 13.5. The van der Waals surface area contributed by atoms with Crippen molar-refractivity contribution < 1.29 is 14.3 Å². The molecule has 0 saturated carbocycles. The van der Waals surface area contributed by atoms with Gasteiger partial charge in [0.05, 0.1) is 44.3 Å². The van der Waals surface area contributed by atoms with Crippen LogP contribution in [0.2, 0.25) is 0 Å². The molecule has 1 aliphatic rings. The Hall–Kier alpha value is -2.38. The van der Waals surface area contributed by atoms with Gasteiger partial charge >= 0.3 is 0 Å². The Morgan fingerprint density at radius 1 is 1.44 bits per heavy atom. The predicted octanol–water partition coefficient (Wildman–Crippen LogP) is 1.36. The molecule has 1 fully saturated rings. The number of carbonyl (C=O) groups excluding carboxylic acids is 1. The molecule has 7 heteroatoms. The zero-order chi connectivity index (χ0) is 18.0. The molecule has 1 aliphatic heterocycles. The number of primary amides is 1. The second kappa shape index (κ2) is 7.25. The second-order valence-corrected chi connectivity index (χ2v) is 6.23. The van der Waals surface area contributed by atoms with Gasteiger partial charge in [0.15, 0.2) is 0 Å². The quantitative estimate of drug-likeness (QED) is 0.885. The van der Waals surface area contributed by atoms with Crippen LogP contribution in [0.25, 0.3) is 5.69 Å². The van der Waals surface area contributed by atoms with E-state index in [4.69, 9.17) is 20.3 Å². The van der Waals surface area contributed by atoms with Crippen LogP contribution in [0.1, 0.15) is 23.0 Å². The van der Waals surface area contributed by atoms with E-state index in [-0.39, 0.29) is 18.5 Å². The predicted molar refractivity (Wildman–Crippen MR) is 93.9 cm³/mol. The Bertz CT molecular complexity index is 772. The topological polar surface area (TPSA) is 82.6 Å². The molecular formula is C18H24N4O3. The molecular weight excluding hydrogens is 320 g/mol. The Labute approximate surface area is 147 Å². The lowest BCUT2D eigenvalue weighted by Crippen LogP contribution is -2.44. The van der Waals surface area contributed by atoms with E-state index in [1.54, 1.807) is 7.11 Å². The summed E-state index contributed by atoms with van der Waals surface area (Å²) in [6.07, 6.45) is 0. The summed E-state index contributed by atoms with van der Waals surface area (Å²) in [7, 11) is 1.65. The molecule has 3 rings (SSSR count). The van der Waals surface area contributed by atoms with Gasteiger partial charge in [-0.05, 0) is 26.0 Å². The van der Waals surface area contributed by atoms with Crippen LogP contribution in [0.4, 0.5) is 0 Å². The van der Waals surface area contributed by atoms with Gasteiger partial charge in [0.1, 0.15) is 5.75 Å². The molecule has 2 heterocycles. The van der Waals surface area contributed by atoms with Gasteiger partial charge in [-0.15, -0.1) is 0 Å². The number of methoxy groups -OCH3 is 1. The van der Waals surface area contributed by atoms with E-state index in [9.17, 15) is 4.79 Å². The first-order valence-corrected chi connectivity index (χ1v) is 8.32. The fourth-order valence-electron chi connectivity index (χ4n) is 3.42. The zero-order valence-electron chi connectivity index (χ0n) is 14.9. The fourth-order valence-corrected chi connectivity index (χ4v) is 3.42. The highest BCUT2D eigenvalue weighted by Crippen LogP contribution is 2.31. The van der Waals surface area contributed by atoms with Crippen LogP contribution in [-0.2, 0) is 9.53 Å². The molecule has 0 bridgehead atoms. The monoisotopic (exact) mass is 344 g/mol. The Morgan fingerprint density at radius 2 is 2.24 bits per heavy atom. The van der Waals surface area contributed by atoms with Crippen molar-refractivity contribution in [2.75, 3.05) is 33.4 Å². The highest BCUT2D eigenvalue weighted by molar-refractivity contribution is 5.76. The van der Waals surface area contributed by atoms with Gasteiger partial charge in [0.25, 0.3) is 0 Å². The lowest BCUT2D eigenvalue weighted by Gasteiger charge is -2.35. The molecule has 1 saturated heterocycles. The van der Waals surface area contributed by atoms with Gasteiger partial charge in [0, 0.05) is 23.9 Å². The van der Waals surface area contributed by atoms with Crippen molar-refractivity contribution in [1.82, 2.24) is 14.7 Å². The molecule has 1 aromatic carbocycles. The summed E-state index contributed by atoms with van der Waals surface area (Å²) in [5, 5.41) is 4.71. The number of amides is 1. The number of rotatable bonds is 5. The number of hydrogen-bond donors (Lipinski definition) is 1. The van der Waals surface area contributed by atoms with E-state index in [0.717, 1.165) is 28.4 Å². The first kappa shape index (κ1) is 17.4. The van der Waals surface area contributed by atoms with Crippen LogP contribution in [-0.4, -0.2) is 54.0 Å². The first-order valence-electron chi connectivity index (χ1n) is 8.32. The number of ether oxygens (including phenoxy) is 2. The molecule has 2 N–H and O–H groups in total. The minimum absolute atomic E-state index is 0.0272. The molecule has 7 nitrogen and oxygen atoms in total. The number of nitrogens with two attached hydrogens (primary N) is 1. The molecule has 2 aromatic rings. The molecule has 0 aliphatic carbocycles. The SMILES string of the molecule is COc1cccc(-n2nc(C)c([C@@H]3COCCN3CC(N)=O)c2C)c1. The third-order valence-electron chi connectivity index (χ3n) is 4.58. The molecule has 1 aromatic heterocycles. The average molecular weight is 344 g/mol. The number of aryl methyl sites for hydroxylation is 1. The molecule has 25 heavy (non-hydrogen) atoms. The van der Waals surface area contributed by atoms with Crippen LogP contribution in [0, 0.1) is 13.8 Å². The van der Waals surface area contributed by atoms with Crippen molar-refractivity contribution in [3.8, 4) is 11.4 Å². The maximum absolute atomic E-state index is 11.4. The minimum atomic E-state index is -0.331. The van der Waals surface area contributed by atoms with Crippen molar-refractivity contribution in [1.29, 1.82) is 0 Å². The molecule has 1 amide bonds. The van der Waals surface area contributed by atoms with Crippen molar-refractivity contribution in [3.63, 3.8) is 0 Å². The normalized spacial score (nSPS) is 18.3. The molecule has 1 atom stereocenters. The number of carbonyl (C=O) groups is 1. The summed E-state index contributed by atoms with van der Waals surface area (Å²) >= 11 is 0. The van der Waals surface area contributed by atoms with E-state index in [2.05, 4.69) is 4.90 Å². The average Bonchev–Trinajstić information content (AvgIpc) is 2.89. The maximum Gasteiger partial charge on any atom is 0.231 e. The highest BCUT2D eigenvalue weighted by Gasteiger charge is 2.30. The smallest absolute Gasteiger partial charge is 0.231 e. The zero-order valence-corrected chi connectivity index (χ0v) is 14.9. The van der Waals surface area contributed by atoms with Crippen LogP contribution < -0.4 is 10.5 Å². The second-order valence-electron chi connectivity index (χ2n) is 6.23. The van der Waals surface area contributed by atoms with Crippen molar-refractivity contribution in [3.05, 3.63) is 41.2 Å². The van der Waals surface area contributed by atoms with E-state index < -0.39 is 0 Å². The van der Waals surface area contributed by atoms with E-state index in [0.29, 0.717) is 19.8 Å². The third kappa shape index (κ3) is 3.52. The summed E-state index contributed by atoms with van der Waals surface area (Å²) in [5.74, 6) is 0.449. The van der Waals surface area contributed by atoms with E-state index in [1.807, 2.05) is 42.8 Å². The van der Waals surface area contributed by atoms with E-state index >= 15 is 0 Å². The van der Waals surface area contributed by atoms with Gasteiger partial charge < -0.3 is 15.2 Å². The van der Waals surface area contributed by atoms with Crippen LogP contribution in [0.15, 0.2) is 24.3 Å². The lowest BCUT2D eigenvalue weighted by molar-refractivity contribution is -0.121. The Kier molecular flexibility index (Phi) is 5.06. The molecule has 0 radical (unpaired) electrons. The minimum Gasteiger partial charge on any atom is -0.497 e. The fraction of sp³-hybridized carbons (Fsp3) is 0.444. The van der Waals surface area contributed by atoms with Gasteiger partial charge in [-0.1, -0.05) is 6.07 Å². The van der Waals surface area contributed by atoms with Crippen LogP contribution in [0.5, 0.6) is 5.75 Å². The van der Waals surface area contributed by atoms with Crippen molar-refractivity contribution in [2.24, 2.45) is 5.73 Å². The van der Waals surface area contributed by atoms with Crippen molar-refractivity contribution >= 4 is 5.91 Å². The van der Waals surface area contributed by atoms with E-state index in [1.165, 1.54) is 0 Å². The highest BCUT2D eigenvalue weighted by atomic mass is 16.5. The maximum atomic E-state index is 11.4. The van der Waals surface area contributed by atoms with Crippen LogP contribution in [0.3, 0.4) is 0 Å². The summed E-state index contributed by atoms with van der Waals surface area (Å²) in [6.45, 7) is 6.04. The van der Waals surface area contributed by atoms with Crippen LogP contribution >= 0.6 is 0 Å². The Balaban J connectivity index is 1.99.